The van der Waals surface area contributed by atoms with E-state index in [0.29, 0.717) is 6.04 Å². The van der Waals surface area contributed by atoms with E-state index < -0.39 is 0 Å². The molecule has 1 aliphatic rings. The van der Waals surface area contributed by atoms with Gasteiger partial charge in [-0.05, 0) is 68.3 Å². The molecule has 0 aliphatic heterocycles. The van der Waals surface area contributed by atoms with E-state index in [9.17, 15) is 0 Å². The highest BCUT2D eigenvalue weighted by atomic mass is 14.9. The molecule has 1 N–H and O–H groups in total. The minimum atomic E-state index is 0.590. The number of hydrogen-bond acceptors (Lipinski definition) is 1. The van der Waals surface area contributed by atoms with Crippen LogP contribution >= 0.6 is 0 Å². The molecule has 0 radical (unpaired) electrons. The fourth-order valence-electron chi connectivity index (χ4n) is 2.79. The van der Waals surface area contributed by atoms with Crippen molar-refractivity contribution < 1.29 is 0 Å². The Balaban J connectivity index is 2.30. The Morgan fingerprint density at radius 2 is 1.94 bits per heavy atom. The van der Waals surface area contributed by atoms with Crippen LogP contribution in [0, 0.1) is 13.8 Å². The fourth-order valence-corrected chi connectivity index (χ4v) is 2.79. The van der Waals surface area contributed by atoms with Crippen molar-refractivity contribution in [2.24, 2.45) is 0 Å². The summed E-state index contributed by atoms with van der Waals surface area (Å²) < 4.78 is 0. The molecule has 94 valence electrons. The van der Waals surface area contributed by atoms with Gasteiger partial charge in [0.25, 0.3) is 0 Å². The SMILES string of the molecule is CCCNC1CCCCc2cc(C)c(C)cc21. The molecule has 1 unspecified atom stereocenters. The van der Waals surface area contributed by atoms with Crippen molar-refractivity contribution in [1.82, 2.24) is 5.32 Å². The molecule has 1 aromatic carbocycles. The van der Waals surface area contributed by atoms with Gasteiger partial charge in [0, 0.05) is 6.04 Å². The average Bonchev–Trinajstić information content (AvgIpc) is 2.50. The molecule has 1 atom stereocenters. The molecule has 17 heavy (non-hydrogen) atoms. The van der Waals surface area contributed by atoms with Crippen LogP contribution in [0.2, 0.25) is 0 Å². The highest BCUT2D eigenvalue weighted by Gasteiger charge is 2.18. The van der Waals surface area contributed by atoms with E-state index in [1.807, 2.05) is 0 Å². The number of hydrogen-bond donors (Lipinski definition) is 1. The number of aryl methyl sites for hydroxylation is 3. The van der Waals surface area contributed by atoms with Crippen molar-refractivity contribution in [2.45, 2.75) is 58.9 Å². The van der Waals surface area contributed by atoms with Crippen molar-refractivity contribution in [1.29, 1.82) is 0 Å². The van der Waals surface area contributed by atoms with E-state index in [2.05, 4.69) is 38.2 Å². The van der Waals surface area contributed by atoms with Gasteiger partial charge in [-0.2, -0.15) is 0 Å². The van der Waals surface area contributed by atoms with E-state index in [4.69, 9.17) is 0 Å². The first-order chi connectivity index (χ1) is 8.22. The maximum atomic E-state index is 3.71. The molecule has 0 saturated carbocycles. The van der Waals surface area contributed by atoms with Crippen molar-refractivity contribution in [3.05, 3.63) is 34.4 Å². The van der Waals surface area contributed by atoms with Crippen LogP contribution in [-0.2, 0) is 6.42 Å². The lowest BCUT2D eigenvalue weighted by Gasteiger charge is -2.20. The predicted molar refractivity (Wildman–Crippen MR) is 74.5 cm³/mol. The Labute approximate surface area is 106 Å². The lowest BCUT2D eigenvalue weighted by Crippen LogP contribution is -2.22. The normalized spacial score (nSPS) is 19.8. The number of benzene rings is 1. The molecule has 2 rings (SSSR count). The van der Waals surface area contributed by atoms with Gasteiger partial charge in [-0.3, -0.25) is 0 Å². The third kappa shape index (κ3) is 2.90. The van der Waals surface area contributed by atoms with Crippen molar-refractivity contribution in [3.63, 3.8) is 0 Å². The van der Waals surface area contributed by atoms with Crippen molar-refractivity contribution in [2.75, 3.05) is 6.54 Å². The molecule has 0 saturated heterocycles. The topological polar surface area (TPSA) is 12.0 Å². The van der Waals surface area contributed by atoms with Gasteiger partial charge in [0.05, 0.1) is 0 Å². The van der Waals surface area contributed by atoms with Gasteiger partial charge in [-0.25, -0.2) is 0 Å². The molecule has 0 heterocycles. The van der Waals surface area contributed by atoms with Gasteiger partial charge >= 0.3 is 0 Å². The second-order valence-corrected chi connectivity index (χ2v) is 5.39. The van der Waals surface area contributed by atoms with E-state index in [1.165, 1.54) is 43.2 Å². The number of fused-ring (bicyclic) bond motifs is 1. The number of nitrogens with one attached hydrogen (secondary N) is 1. The Bertz CT molecular complexity index is 381. The summed E-state index contributed by atoms with van der Waals surface area (Å²) in [4.78, 5) is 0. The summed E-state index contributed by atoms with van der Waals surface area (Å²) in [5, 5.41) is 3.71. The van der Waals surface area contributed by atoms with E-state index in [1.54, 1.807) is 11.1 Å². The predicted octanol–water partition coefficient (Wildman–Crippen LogP) is 4.07. The summed E-state index contributed by atoms with van der Waals surface area (Å²) in [6.07, 6.45) is 6.49. The van der Waals surface area contributed by atoms with Crippen molar-refractivity contribution >= 4 is 0 Å². The molecule has 0 fully saturated rings. The molecular weight excluding hydrogens is 206 g/mol. The third-order valence-electron chi connectivity index (χ3n) is 3.96. The Kier molecular flexibility index (Phi) is 4.22. The van der Waals surface area contributed by atoms with Crippen LogP contribution in [0.3, 0.4) is 0 Å². The first-order valence-corrected chi connectivity index (χ1v) is 7.05. The molecule has 1 nitrogen and oxygen atoms in total. The summed E-state index contributed by atoms with van der Waals surface area (Å²) in [5.74, 6) is 0. The lowest BCUT2D eigenvalue weighted by atomic mass is 9.94. The summed E-state index contributed by atoms with van der Waals surface area (Å²) >= 11 is 0. The van der Waals surface area contributed by atoms with Gasteiger partial charge in [-0.1, -0.05) is 25.5 Å². The second kappa shape index (κ2) is 5.68. The van der Waals surface area contributed by atoms with Gasteiger partial charge < -0.3 is 5.32 Å². The van der Waals surface area contributed by atoms with Crippen LogP contribution in [0.5, 0.6) is 0 Å². The Morgan fingerprint density at radius 1 is 1.18 bits per heavy atom. The largest absolute Gasteiger partial charge is 0.310 e. The van der Waals surface area contributed by atoms with Gasteiger partial charge in [0.15, 0.2) is 0 Å². The zero-order valence-corrected chi connectivity index (χ0v) is 11.5. The highest BCUT2D eigenvalue weighted by molar-refractivity contribution is 5.39. The molecule has 1 heteroatoms. The minimum absolute atomic E-state index is 0.590. The monoisotopic (exact) mass is 231 g/mol. The second-order valence-electron chi connectivity index (χ2n) is 5.39. The molecule has 1 aliphatic carbocycles. The average molecular weight is 231 g/mol. The van der Waals surface area contributed by atoms with Crippen molar-refractivity contribution in [3.8, 4) is 0 Å². The smallest absolute Gasteiger partial charge is 0.0323 e. The van der Waals surface area contributed by atoms with E-state index >= 15 is 0 Å². The van der Waals surface area contributed by atoms with Crippen LogP contribution in [0.1, 0.15) is 60.9 Å². The lowest BCUT2D eigenvalue weighted by molar-refractivity contribution is 0.489. The quantitative estimate of drug-likeness (QED) is 0.773. The molecule has 1 aromatic rings. The molecule has 0 spiro atoms. The fraction of sp³-hybridized carbons (Fsp3) is 0.625. The summed E-state index contributed by atoms with van der Waals surface area (Å²) in [7, 11) is 0. The maximum Gasteiger partial charge on any atom is 0.0323 e. The maximum absolute atomic E-state index is 3.71. The summed E-state index contributed by atoms with van der Waals surface area (Å²) in [5.41, 5.74) is 6.03. The van der Waals surface area contributed by atoms with Crippen LogP contribution in [-0.4, -0.2) is 6.54 Å². The standard InChI is InChI=1S/C16H25N/c1-4-9-17-16-8-6-5-7-14-10-12(2)13(3)11-15(14)16/h10-11,16-17H,4-9H2,1-3H3. The Morgan fingerprint density at radius 3 is 2.71 bits per heavy atom. The summed E-state index contributed by atoms with van der Waals surface area (Å²) in [6, 6.07) is 5.42. The zero-order chi connectivity index (χ0) is 12.3. The minimum Gasteiger partial charge on any atom is -0.310 e. The van der Waals surface area contributed by atoms with Gasteiger partial charge in [0.1, 0.15) is 0 Å². The molecule has 0 bridgehead atoms. The van der Waals surface area contributed by atoms with E-state index in [0.717, 1.165) is 6.54 Å². The molecular formula is C16H25N. The van der Waals surface area contributed by atoms with Crippen LogP contribution in [0.25, 0.3) is 0 Å². The van der Waals surface area contributed by atoms with Crippen LogP contribution in [0.15, 0.2) is 12.1 Å². The Hall–Kier alpha value is -0.820. The summed E-state index contributed by atoms with van der Waals surface area (Å²) in [6.45, 7) is 7.84. The van der Waals surface area contributed by atoms with Crippen LogP contribution < -0.4 is 5.32 Å². The van der Waals surface area contributed by atoms with Gasteiger partial charge in [0.2, 0.25) is 0 Å². The highest BCUT2D eigenvalue weighted by Crippen LogP contribution is 2.30. The number of rotatable bonds is 3. The van der Waals surface area contributed by atoms with Crippen LogP contribution in [0.4, 0.5) is 0 Å². The first-order valence-electron chi connectivity index (χ1n) is 7.05. The third-order valence-corrected chi connectivity index (χ3v) is 3.96. The van der Waals surface area contributed by atoms with E-state index in [-0.39, 0.29) is 0 Å². The zero-order valence-electron chi connectivity index (χ0n) is 11.5. The first kappa shape index (κ1) is 12.6. The van der Waals surface area contributed by atoms with Gasteiger partial charge in [-0.15, -0.1) is 0 Å². The molecule has 0 amide bonds. The molecule has 0 aromatic heterocycles.